The number of hydrogen-bond acceptors (Lipinski definition) is 5. The number of carbonyl (C=O) groups is 1. The zero-order valence-electron chi connectivity index (χ0n) is 9.84. The lowest BCUT2D eigenvalue weighted by Crippen LogP contribution is -2.11. The number of hydrogen-bond donors (Lipinski definition) is 1. The SMILES string of the molecule is Cc1nsc(NC(=O)c2cnn(C(C)C)c2)n1. The number of amides is 1. The van der Waals surface area contributed by atoms with E-state index in [0.29, 0.717) is 16.5 Å². The molecule has 0 fully saturated rings. The topological polar surface area (TPSA) is 72.7 Å². The second kappa shape index (κ2) is 4.62. The van der Waals surface area contributed by atoms with Crippen molar-refractivity contribution in [2.45, 2.75) is 26.8 Å². The lowest BCUT2D eigenvalue weighted by molar-refractivity contribution is 0.102. The lowest BCUT2D eigenvalue weighted by Gasteiger charge is -2.02. The first-order chi connectivity index (χ1) is 8.06. The first-order valence-electron chi connectivity index (χ1n) is 5.22. The van der Waals surface area contributed by atoms with E-state index in [0.717, 1.165) is 0 Å². The van der Waals surface area contributed by atoms with Gasteiger partial charge in [0.1, 0.15) is 5.82 Å². The Morgan fingerprint density at radius 1 is 1.53 bits per heavy atom. The normalized spacial score (nSPS) is 10.8. The molecule has 0 aliphatic heterocycles. The van der Waals surface area contributed by atoms with E-state index in [9.17, 15) is 4.79 Å². The van der Waals surface area contributed by atoms with Gasteiger partial charge in [-0.3, -0.25) is 14.8 Å². The van der Waals surface area contributed by atoms with Crippen LogP contribution in [-0.4, -0.2) is 25.0 Å². The zero-order valence-corrected chi connectivity index (χ0v) is 10.7. The van der Waals surface area contributed by atoms with Crippen LogP contribution in [0.4, 0.5) is 5.13 Å². The van der Waals surface area contributed by atoms with Crippen molar-refractivity contribution in [2.24, 2.45) is 0 Å². The van der Waals surface area contributed by atoms with Crippen LogP contribution in [-0.2, 0) is 0 Å². The molecule has 2 heterocycles. The summed E-state index contributed by atoms with van der Waals surface area (Å²) in [5.74, 6) is 0.441. The third kappa shape index (κ3) is 2.68. The van der Waals surface area contributed by atoms with Gasteiger partial charge in [-0.15, -0.1) is 0 Å². The van der Waals surface area contributed by atoms with Crippen molar-refractivity contribution in [2.75, 3.05) is 5.32 Å². The van der Waals surface area contributed by atoms with Crippen molar-refractivity contribution in [3.8, 4) is 0 Å². The molecule has 0 unspecified atom stereocenters. The summed E-state index contributed by atoms with van der Waals surface area (Å²) in [5, 5.41) is 7.30. The first-order valence-corrected chi connectivity index (χ1v) is 5.99. The van der Waals surface area contributed by atoms with Crippen molar-refractivity contribution in [1.29, 1.82) is 0 Å². The molecule has 6 nitrogen and oxygen atoms in total. The van der Waals surface area contributed by atoms with Crippen molar-refractivity contribution in [3.63, 3.8) is 0 Å². The molecule has 2 rings (SSSR count). The van der Waals surface area contributed by atoms with Crippen LogP contribution in [0, 0.1) is 6.92 Å². The van der Waals surface area contributed by atoms with Gasteiger partial charge >= 0.3 is 0 Å². The molecule has 0 saturated heterocycles. The quantitative estimate of drug-likeness (QED) is 0.904. The summed E-state index contributed by atoms with van der Waals surface area (Å²) < 4.78 is 5.73. The molecule has 90 valence electrons. The summed E-state index contributed by atoms with van der Waals surface area (Å²) in [6.45, 7) is 5.79. The van der Waals surface area contributed by atoms with Gasteiger partial charge in [0.2, 0.25) is 5.13 Å². The highest BCUT2D eigenvalue weighted by atomic mass is 32.1. The number of aromatic nitrogens is 4. The lowest BCUT2D eigenvalue weighted by atomic mass is 10.3. The van der Waals surface area contributed by atoms with Crippen LogP contribution in [0.1, 0.15) is 36.1 Å². The fourth-order valence-electron chi connectivity index (χ4n) is 1.25. The zero-order chi connectivity index (χ0) is 12.4. The second-order valence-electron chi connectivity index (χ2n) is 3.90. The molecule has 17 heavy (non-hydrogen) atoms. The van der Waals surface area contributed by atoms with E-state index in [2.05, 4.69) is 19.8 Å². The Bertz CT molecular complexity index is 530. The highest BCUT2D eigenvalue weighted by molar-refractivity contribution is 7.09. The maximum atomic E-state index is 11.8. The molecular weight excluding hydrogens is 238 g/mol. The number of aryl methyl sites for hydroxylation is 1. The molecule has 2 aromatic rings. The number of carbonyl (C=O) groups excluding carboxylic acids is 1. The average Bonchev–Trinajstić information content (AvgIpc) is 2.86. The largest absolute Gasteiger partial charge is 0.296 e. The van der Waals surface area contributed by atoms with E-state index in [1.807, 2.05) is 13.8 Å². The van der Waals surface area contributed by atoms with Crippen LogP contribution < -0.4 is 5.32 Å². The predicted octanol–water partition coefficient (Wildman–Crippen LogP) is 1.88. The highest BCUT2D eigenvalue weighted by Crippen LogP contribution is 2.12. The molecule has 0 aromatic carbocycles. The molecular formula is C10H13N5OS. The van der Waals surface area contributed by atoms with E-state index >= 15 is 0 Å². The Balaban J connectivity index is 2.09. The van der Waals surface area contributed by atoms with E-state index in [4.69, 9.17) is 0 Å². The third-order valence-electron chi connectivity index (χ3n) is 2.14. The standard InChI is InChI=1S/C10H13N5OS/c1-6(2)15-5-8(4-11-15)9(16)13-10-12-7(3)14-17-10/h4-6H,1-3H3,(H,12,13,14,16). The van der Waals surface area contributed by atoms with E-state index < -0.39 is 0 Å². The molecule has 0 atom stereocenters. The van der Waals surface area contributed by atoms with Crippen LogP contribution in [0.2, 0.25) is 0 Å². The van der Waals surface area contributed by atoms with Gasteiger partial charge in [-0.2, -0.15) is 9.47 Å². The predicted molar refractivity (Wildman–Crippen MR) is 65.2 cm³/mol. The van der Waals surface area contributed by atoms with E-state index in [1.54, 1.807) is 24.0 Å². The molecule has 0 aliphatic carbocycles. The highest BCUT2D eigenvalue weighted by Gasteiger charge is 2.11. The smallest absolute Gasteiger partial charge is 0.260 e. The van der Waals surface area contributed by atoms with E-state index in [1.165, 1.54) is 11.5 Å². The number of nitrogens with one attached hydrogen (secondary N) is 1. The van der Waals surface area contributed by atoms with Gasteiger partial charge in [0.05, 0.1) is 11.8 Å². The molecule has 0 spiro atoms. The van der Waals surface area contributed by atoms with Gasteiger partial charge in [-0.1, -0.05) is 0 Å². The Kier molecular flexibility index (Phi) is 3.19. The number of nitrogens with zero attached hydrogens (tertiary/aromatic N) is 4. The van der Waals surface area contributed by atoms with Crippen molar-refractivity contribution < 1.29 is 4.79 Å². The summed E-state index contributed by atoms with van der Waals surface area (Å²) in [4.78, 5) is 15.9. The Morgan fingerprint density at radius 2 is 2.29 bits per heavy atom. The molecule has 0 bridgehead atoms. The van der Waals surface area contributed by atoms with Crippen molar-refractivity contribution >= 4 is 22.6 Å². The maximum Gasteiger partial charge on any atom is 0.260 e. The Morgan fingerprint density at radius 3 is 2.82 bits per heavy atom. The molecule has 0 saturated carbocycles. The molecule has 1 amide bonds. The second-order valence-corrected chi connectivity index (χ2v) is 4.66. The van der Waals surface area contributed by atoms with Gasteiger partial charge in [-0.05, 0) is 20.8 Å². The van der Waals surface area contributed by atoms with Crippen LogP contribution in [0.5, 0.6) is 0 Å². The fraction of sp³-hybridized carbons (Fsp3) is 0.400. The van der Waals surface area contributed by atoms with Gasteiger partial charge in [0.15, 0.2) is 0 Å². The molecule has 7 heteroatoms. The van der Waals surface area contributed by atoms with Crippen LogP contribution in [0.25, 0.3) is 0 Å². The summed E-state index contributed by atoms with van der Waals surface area (Å²) in [6, 6.07) is 0.236. The summed E-state index contributed by atoms with van der Waals surface area (Å²) in [5.41, 5.74) is 0.520. The summed E-state index contributed by atoms with van der Waals surface area (Å²) in [7, 11) is 0. The minimum Gasteiger partial charge on any atom is -0.296 e. The minimum atomic E-state index is -0.215. The summed E-state index contributed by atoms with van der Waals surface area (Å²) >= 11 is 1.17. The number of anilines is 1. The maximum absolute atomic E-state index is 11.8. The van der Waals surface area contributed by atoms with Crippen LogP contribution in [0.15, 0.2) is 12.4 Å². The molecule has 0 aliphatic rings. The van der Waals surface area contributed by atoms with Gasteiger partial charge < -0.3 is 0 Å². The van der Waals surface area contributed by atoms with E-state index in [-0.39, 0.29) is 11.9 Å². The molecule has 0 radical (unpaired) electrons. The summed E-state index contributed by atoms with van der Waals surface area (Å²) in [6.07, 6.45) is 3.26. The van der Waals surface area contributed by atoms with Gasteiger partial charge in [0, 0.05) is 23.8 Å². The van der Waals surface area contributed by atoms with Crippen LogP contribution in [0.3, 0.4) is 0 Å². The monoisotopic (exact) mass is 251 g/mol. The van der Waals surface area contributed by atoms with Crippen molar-refractivity contribution in [1.82, 2.24) is 19.1 Å². The first kappa shape index (κ1) is 11.7. The minimum absolute atomic E-state index is 0.215. The molecule has 2 aromatic heterocycles. The third-order valence-corrected chi connectivity index (χ3v) is 2.86. The average molecular weight is 251 g/mol. The Hall–Kier alpha value is -1.76. The van der Waals surface area contributed by atoms with Crippen molar-refractivity contribution in [3.05, 3.63) is 23.8 Å². The Labute approximate surface area is 103 Å². The number of rotatable bonds is 3. The fourth-order valence-corrected chi connectivity index (χ4v) is 1.83. The molecule has 1 N–H and O–H groups in total. The van der Waals surface area contributed by atoms with Gasteiger partial charge in [-0.25, -0.2) is 4.98 Å². The van der Waals surface area contributed by atoms with Crippen LogP contribution >= 0.6 is 11.5 Å². The van der Waals surface area contributed by atoms with Gasteiger partial charge in [0.25, 0.3) is 5.91 Å².